The number of alkyl halides is 2. The summed E-state index contributed by atoms with van der Waals surface area (Å²) < 4.78 is 59.4. The van der Waals surface area contributed by atoms with E-state index >= 15 is 0 Å². The molecule has 1 aliphatic heterocycles. The zero-order valence-electron chi connectivity index (χ0n) is 14.9. The Kier molecular flexibility index (Phi) is 6.20. The lowest BCUT2D eigenvalue weighted by Gasteiger charge is -2.34. The summed E-state index contributed by atoms with van der Waals surface area (Å²) in [5.74, 6) is 0. The predicted molar refractivity (Wildman–Crippen MR) is 95.0 cm³/mol. The Morgan fingerprint density at radius 3 is 2.48 bits per heavy atom. The quantitative estimate of drug-likeness (QED) is 0.769. The minimum atomic E-state index is -3.97. The fraction of sp³-hybridized carbons (Fsp3) is 0.471. The molecule has 7 nitrogen and oxygen atoms in total. The predicted octanol–water partition coefficient (Wildman–Crippen LogP) is 1.94. The molecule has 1 fully saturated rings. The third-order valence-corrected chi connectivity index (χ3v) is 6.14. The number of nitrogens with zero attached hydrogens (tertiary/aromatic N) is 3. The van der Waals surface area contributed by atoms with Crippen LogP contribution in [-0.4, -0.2) is 55.9 Å². The molecule has 148 valence electrons. The molecule has 2 aromatic rings. The van der Waals surface area contributed by atoms with Crippen molar-refractivity contribution in [2.45, 2.75) is 24.4 Å². The summed E-state index contributed by atoms with van der Waals surface area (Å²) in [5.41, 5.74) is 0.877. The molecule has 1 N–H and O–H groups in total. The summed E-state index contributed by atoms with van der Waals surface area (Å²) in [4.78, 5) is 1.91. The van der Waals surface area contributed by atoms with Crippen LogP contribution in [0.2, 0.25) is 0 Å². The van der Waals surface area contributed by atoms with E-state index in [-0.39, 0.29) is 23.2 Å². The molecule has 1 atom stereocenters. The number of ether oxygens (including phenoxy) is 1. The first-order valence-electron chi connectivity index (χ1n) is 8.59. The number of morpholine rings is 1. The van der Waals surface area contributed by atoms with E-state index in [4.69, 9.17) is 4.74 Å². The largest absolute Gasteiger partial charge is 0.379 e. The maximum absolute atomic E-state index is 12.9. The van der Waals surface area contributed by atoms with Gasteiger partial charge in [-0.25, -0.2) is 17.8 Å². The Morgan fingerprint density at radius 1 is 1.22 bits per heavy atom. The number of hydrogen-bond donors (Lipinski definition) is 1. The van der Waals surface area contributed by atoms with Crippen molar-refractivity contribution in [1.29, 1.82) is 0 Å². The van der Waals surface area contributed by atoms with E-state index in [2.05, 4.69) is 14.7 Å². The number of aromatic nitrogens is 2. The van der Waals surface area contributed by atoms with E-state index in [1.54, 1.807) is 0 Å². The Morgan fingerprint density at radius 2 is 1.89 bits per heavy atom. The highest BCUT2D eigenvalue weighted by Crippen LogP contribution is 2.23. The van der Waals surface area contributed by atoms with Gasteiger partial charge in [-0.1, -0.05) is 30.3 Å². The van der Waals surface area contributed by atoms with Gasteiger partial charge in [0.2, 0.25) is 10.0 Å². The smallest absolute Gasteiger partial charge is 0.333 e. The second-order valence-electron chi connectivity index (χ2n) is 6.24. The monoisotopic (exact) mass is 400 g/mol. The van der Waals surface area contributed by atoms with Gasteiger partial charge in [0.15, 0.2) is 0 Å². The van der Waals surface area contributed by atoms with Gasteiger partial charge in [0, 0.05) is 25.7 Å². The highest BCUT2D eigenvalue weighted by Gasteiger charge is 2.27. The van der Waals surface area contributed by atoms with Crippen LogP contribution in [0.3, 0.4) is 0 Å². The zero-order valence-corrected chi connectivity index (χ0v) is 15.7. The molecule has 0 spiro atoms. The molecule has 27 heavy (non-hydrogen) atoms. The first-order valence-corrected chi connectivity index (χ1v) is 10.1. The molecule has 1 aromatic carbocycles. The first-order chi connectivity index (χ1) is 12.9. The van der Waals surface area contributed by atoms with Gasteiger partial charge in [-0.15, -0.1) is 0 Å². The van der Waals surface area contributed by atoms with Crippen molar-refractivity contribution in [2.75, 3.05) is 32.8 Å². The minimum Gasteiger partial charge on any atom is -0.379 e. The van der Waals surface area contributed by atoms with Crippen molar-refractivity contribution >= 4 is 10.0 Å². The molecule has 0 bridgehead atoms. The second-order valence-corrected chi connectivity index (χ2v) is 7.98. The average Bonchev–Trinajstić information content (AvgIpc) is 3.06. The summed E-state index contributed by atoms with van der Waals surface area (Å²) in [5, 5.41) is 3.48. The van der Waals surface area contributed by atoms with Crippen molar-refractivity contribution in [3.63, 3.8) is 0 Å². The molecule has 1 aromatic heterocycles. The zero-order chi connectivity index (χ0) is 19.4. The van der Waals surface area contributed by atoms with Crippen LogP contribution in [0.4, 0.5) is 8.78 Å². The topological polar surface area (TPSA) is 76.5 Å². The third-order valence-electron chi connectivity index (χ3n) is 4.61. The molecule has 2 heterocycles. The molecular formula is C17H22F2N4O3S. The van der Waals surface area contributed by atoms with Crippen LogP contribution in [0.25, 0.3) is 0 Å². The summed E-state index contributed by atoms with van der Waals surface area (Å²) in [6.07, 6.45) is 0.954. The summed E-state index contributed by atoms with van der Waals surface area (Å²) in [6.45, 7) is 1.06. The molecule has 3 rings (SSSR count). The molecule has 1 aliphatic rings. The van der Waals surface area contributed by atoms with Crippen LogP contribution in [0.15, 0.2) is 41.4 Å². The van der Waals surface area contributed by atoms with Crippen LogP contribution in [-0.2, 0) is 14.8 Å². The Bertz CT molecular complexity index is 852. The lowest BCUT2D eigenvalue weighted by molar-refractivity contribution is 0.0172. The molecule has 0 saturated carbocycles. The normalized spacial score (nSPS) is 17.3. The van der Waals surface area contributed by atoms with Crippen molar-refractivity contribution < 1.29 is 21.9 Å². The molecule has 1 saturated heterocycles. The van der Waals surface area contributed by atoms with E-state index in [0.717, 1.165) is 11.8 Å². The lowest BCUT2D eigenvalue weighted by atomic mass is 10.1. The van der Waals surface area contributed by atoms with E-state index in [0.29, 0.717) is 31.0 Å². The third kappa shape index (κ3) is 4.52. The number of benzene rings is 1. The molecule has 10 heteroatoms. The number of nitrogens with one attached hydrogen (secondary N) is 1. The standard InChI is InChI=1S/C17H22F2N4O3S/c1-13-16(12-20-23(13)17(18)19)27(24,25)21-11-15(14-5-3-2-4-6-14)22-7-9-26-10-8-22/h2-6,12,15,17,21H,7-11H2,1H3/t15-/m0/s1. The van der Waals surface area contributed by atoms with E-state index < -0.39 is 16.6 Å². The highest BCUT2D eigenvalue weighted by atomic mass is 32.2. The van der Waals surface area contributed by atoms with Crippen LogP contribution < -0.4 is 4.72 Å². The maximum Gasteiger partial charge on any atom is 0.333 e. The van der Waals surface area contributed by atoms with Gasteiger partial charge in [0.25, 0.3) is 0 Å². The minimum absolute atomic E-state index is 0.0971. The van der Waals surface area contributed by atoms with E-state index in [1.807, 2.05) is 30.3 Å². The summed E-state index contributed by atoms with van der Waals surface area (Å²) >= 11 is 0. The van der Waals surface area contributed by atoms with Gasteiger partial charge >= 0.3 is 6.55 Å². The molecule has 0 unspecified atom stereocenters. The second kappa shape index (κ2) is 8.42. The molecular weight excluding hydrogens is 378 g/mol. The van der Waals surface area contributed by atoms with E-state index in [1.165, 1.54) is 6.92 Å². The lowest BCUT2D eigenvalue weighted by Crippen LogP contribution is -2.43. The Balaban J connectivity index is 1.80. The number of rotatable bonds is 7. The van der Waals surface area contributed by atoms with Crippen LogP contribution in [0.1, 0.15) is 23.8 Å². The molecule has 0 aliphatic carbocycles. The summed E-state index contributed by atoms with van der Waals surface area (Å²) in [7, 11) is -3.97. The fourth-order valence-electron chi connectivity index (χ4n) is 3.16. The van der Waals surface area contributed by atoms with Crippen LogP contribution in [0, 0.1) is 6.92 Å². The van der Waals surface area contributed by atoms with Gasteiger partial charge in [0.05, 0.1) is 25.1 Å². The van der Waals surface area contributed by atoms with Crippen molar-refractivity contribution in [3.8, 4) is 0 Å². The average molecular weight is 400 g/mol. The number of sulfonamides is 1. The SMILES string of the molecule is Cc1c(S(=O)(=O)NC[C@@H](c2ccccc2)N2CCOCC2)cnn1C(F)F. The van der Waals surface area contributed by atoms with E-state index in [9.17, 15) is 17.2 Å². The van der Waals surface area contributed by atoms with Gasteiger partial charge < -0.3 is 4.74 Å². The van der Waals surface area contributed by atoms with Gasteiger partial charge in [-0.05, 0) is 12.5 Å². The number of halogens is 2. The number of hydrogen-bond acceptors (Lipinski definition) is 5. The first kappa shape index (κ1) is 19.9. The Hall–Kier alpha value is -1.88. The maximum atomic E-state index is 12.9. The van der Waals surface area contributed by atoms with Gasteiger partial charge in [-0.2, -0.15) is 13.9 Å². The van der Waals surface area contributed by atoms with Gasteiger partial charge in [-0.3, -0.25) is 4.90 Å². The molecule has 0 amide bonds. The van der Waals surface area contributed by atoms with Crippen molar-refractivity contribution in [3.05, 3.63) is 47.8 Å². The van der Waals surface area contributed by atoms with Crippen LogP contribution in [0.5, 0.6) is 0 Å². The fourth-order valence-corrected chi connectivity index (χ4v) is 4.36. The van der Waals surface area contributed by atoms with Crippen LogP contribution >= 0.6 is 0 Å². The molecule has 0 radical (unpaired) electrons. The highest BCUT2D eigenvalue weighted by molar-refractivity contribution is 7.89. The van der Waals surface area contributed by atoms with Crippen molar-refractivity contribution in [1.82, 2.24) is 19.4 Å². The Labute approximate surface area is 157 Å². The van der Waals surface area contributed by atoms with Crippen molar-refractivity contribution in [2.24, 2.45) is 0 Å². The van der Waals surface area contributed by atoms with Gasteiger partial charge in [0.1, 0.15) is 4.90 Å². The summed E-state index contributed by atoms with van der Waals surface area (Å²) in [6, 6.07) is 9.38.